The van der Waals surface area contributed by atoms with Gasteiger partial charge in [0.15, 0.2) is 0 Å². The molecule has 1 amide bonds. The number of carbonyl (C=O) groups excluding carboxylic acids is 1. The molecule has 2 atom stereocenters. The standard InChI is InChI=1S/C15H22N2O/c16-15(18)13(11-14-7-4-10-17-14)9-8-12-5-2-1-3-6-12/h1-3,5-6,13-14,17H,4,7-11H2,(H2,16,18). The van der Waals surface area contributed by atoms with Gasteiger partial charge < -0.3 is 11.1 Å². The number of aryl methyl sites for hydroxylation is 1. The van der Waals surface area contributed by atoms with Crippen LogP contribution in [-0.4, -0.2) is 18.5 Å². The van der Waals surface area contributed by atoms with E-state index in [0.717, 1.165) is 25.8 Å². The van der Waals surface area contributed by atoms with E-state index in [9.17, 15) is 4.79 Å². The quantitative estimate of drug-likeness (QED) is 0.805. The monoisotopic (exact) mass is 246 g/mol. The molecule has 2 rings (SSSR count). The lowest BCUT2D eigenvalue weighted by Crippen LogP contribution is -2.31. The summed E-state index contributed by atoms with van der Waals surface area (Å²) in [6, 6.07) is 10.8. The van der Waals surface area contributed by atoms with Crippen molar-refractivity contribution in [3.05, 3.63) is 35.9 Å². The minimum absolute atomic E-state index is 0.000746. The third kappa shape index (κ3) is 3.84. The summed E-state index contributed by atoms with van der Waals surface area (Å²) in [5.41, 5.74) is 6.79. The highest BCUT2D eigenvalue weighted by Crippen LogP contribution is 2.19. The average Bonchev–Trinajstić information content (AvgIpc) is 2.88. The second-order valence-electron chi connectivity index (χ2n) is 5.15. The van der Waals surface area contributed by atoms with Crippen LogP contribution in [0.5, 0.6) is 0 Å². The summed E-state index contributed by atoms with van der Waals surface area (Å²) in [7, 11) is 0. The SMILES string of the molecule is NC(=O)C(CCc1ccccc1)CC1CCCN1. The van der Waals surface area contributed by atoms with Gasteiger partial charge in [-0.25, -0.2) is 0 Å². The van der Waals surface area contributed by atoms with Crippen LogP contribution < -0.4 is 11.1 Å². The number of nitrogens with one attached hydrogen (secondary N) is 1. The Balaban J connectivity index is 1.84. The van der Waals surface area contributed by atoms with Crippen LogP contribution in [0.3, 0.4) is 0 Å². The zero-order valence-electron chi connectivity index (χ0n) is 10.8. The van der Waals surface area contributed by atoms with E-state index >= 15 is 0 Å². The van der Waals surface area contributed by atoms with Gasteiger partial charge in [0.2, 0.25) is 5.91 Å². The Morgan fingerprint density at radius 1 is 1.39 bits per heavy atom. The molecule has 0 spiro atoms. The zero-order valence-corrected chi connectivity index (χ0v) is 10.8. The number of carbonyl (C=O) groups is 1. The maximum absolute atomic E-state index is 11.5. The van der Waals surface area contributed by atoms with Crippen molar-refractivity contribution in [2.75, 3.05) is 6.54 Å². The molecule has 2 unspecified atom stereocenters. The van der Waals surface area contributed by atoms with E-state index in [0.29, 0.717) is 6.04 Å². The number of rotatable bonds is 6. The number of hydrogen-bond donors (Lipinski definition) is 2. The first-order valence-corrected chi connectivity index (χ1v) is 6.82. The largest absolute Gasteiger partial charge is 0.369 e. The molecule has 1 saturated heterocycles. The van der Waals surface area contributed by atoms with Crippen LogP contribution in [-0.2, 0) is 11.2 Å². The molecule has 1 heterocycles. The molecule has 98 valence electrons. The molecule has 1 aromatic rings. The van der Waals surface area contributed by atoms with Crippen LogP contribution in [0, 0.1) is 5.92 Å². The summed E-state index contributed by atoms with van der Waals surface area (Å²) in [5.74, 6) is -0.152. The molecular formula is C15H22N2O. The van der Waals surface area contributed by atoms with E-state index in [-0.39, 0.29) is 11.8 Å². The molecule has 1 aliphatic rings. The number of benzene rings is 1. The molecule has 1 aromatic carbocycles. The average molecular weight is 246 g/mol. The normalized spacial score (nSPS) is 20.8. The molecule has 3 heteroatoms. The first-order chi connectivity index (χ1) is 8.75. The number of amides is 1. The van der Waals surface area contributed by atoms with E-state index in [2.05, 4.69) is 17.4 Å². The fourth-order valence-electron chi connectivity index (χ4n) is 2.66. The number of primary amides is 1. The predicted molar refractivity (Wildman–Crippen MR) is 73.1 cm³/mol. The van der Waals surface area contributed by atoms with E-state index < -0.39 is 0 Å². The van der Waals surface area contributed by atoms with Crippen LogP contribution >= 0.6 is 0 Å². The van der Waals surface area contributed by atoms with Crippen LogP contribution in [0.25, 0.3) is 0 Å². The summed E-state index contributed by atoms with van der Waals surface area (Å²) in [4.78, 5) is 11.5. The summed E-state index contributed by atoms with van der Waals surface area (Å²) >= 11 is 0. The van der Waals surface area contributed by atoms with Gasteiger partial charge >= 0.3 is 0 Å². The van der Waals surface area contributed by atoms with Crippen molar-refractivity contribution in [2.24, 2.45) is 11.7 Å². The third-order valence-electron chi connectivity index (χ3n) is 3.76. The first kappa shape index (κ1) is 13.1. The zero-order chi connectivity index (χ0) is 12.8. The first-order valence-electron chi connectivity index (χ1n) is 6.82. The summed E-state index contributed by atoms with van der Waals surface area (Å²) in [5, 5.41) is 3.43. The van der Waals surface area contributed by atoms with Gasteiger partial charge in [-0.2, -0.15) is 0 Å². The van der Waals surface area contributed by atoms with Gasteiger partial charge in [0, 0.05) is 12.0 Å². The minimum Gasteiger partial charge on any atom is -0.369 e. The molecule has 1 fully saturated rings. The molecular weight excluding hydrogens is 224 g/mol. The van der Waals surface area contributed by atoms with Crippen molar-refractivity contribution < 1.29 is 4.79 Å². The maximum atomic E-state index is 11.5. The van der Waals surface area contributed by atoms with Crippen molar-refractivity contribution in [2.45, 2.75) is 38.1 Å². The Bertz CT molecular complexity index is 371. The summed E-state index contributed by atoms with van der Waals surface area (Å²) in [6.07, 6.45) is 5.07. The van der Waals surface area contributed by atoms with E-state index in [1.54, 1.807) is 0 Å². The van der Waals surface area contributed by atoms with E-state index in [1.165, 1.54) is 18.4 Å². The Labute approximate surface area is 109 Å². The van der Waals surface area contributed by atoms with Gasteiger partial charge in [-0.1, -0.05) is 30.3 Å². The van der Waals surface area contributed by atoms with Crippen molar-refractivity contribution in [3.8, 4) is 0 Å². The number of nitrogens with two attached hydrogens (primary N) is 1. The Kier molecular flexibility index (Phi) is 4.76. The van der Waals surface area contributed by atoms with Crippen molar-refractivity contribution >= 4 is 5.91 Å². The van der Waals surface area contributed by atoms with Crippen LogP contribution in [0.15, 0.2) is 30.3 Å². The Hall–Kier alpha value is -1.35. The topological polar surface area (TPSA) is 55.1 Å². The molecule has 0 bridgehead atoms. The van der Waals surface area contributed by atoms with Crippen molar-refractivity contribution in [3.63, 3.8) is 0 Å². The molecule has 0 aliphatic carbocycles. The highest BCUT2D eigenvalue weighted by molar-refractivity contribution is 5.76. The smallest absolute Gasteiger partial charge is 0.220 e. The van der Waals surface area contributed by atoms with Gasteiger partial charge in [0.1, 0.15) is 0 Å². The summed E-state index contributed by atoms with van der Waals surface area (Å²) < 4.78 is 0. The van der Waals surface area contributed by atoms with E-state index in [4.69, 9.17) is 5.73 Å². The maximum Gasteiger partial charge on any atom is 0.220 e. The molecule has 1 aliphatic heterocycles. The second-order valence-corrected chi connectivity index (χ2v) is 5.15. The minimum atomic E-state index is -0.153. The molecule has 18 heavy (non-hydrogen) atoms. The Morgan fingerprint density at radius 3 is 2.78 bits per heavy atom. The van der Waals surface area contributed by atoms with Gasteiger partial charge in [-0.15, -0.1) is 0 Å². The third-order valence-corrected chi connectivity index (χ3v) is 3.76. The van der Waals surface area contributed by atoms with Gasteiger partial charge in [0.05, 0.1) is 0 Å². The van der Waals surface area contributed by atoms with Crippen molar-refractivity contribution in [1.82, 2.24) is 5.32 Å². The fraction of sp³-hybridized carbons (Fsp3) is 0.533. The van der Waals surface area contributed by atoms with Gasteiger partial charge in [-0.05, 0) is 44.2 Å². The van der Waals surface area contributed by atoms with Crippen molar-refractivity contribution in [1.29, 1.82) is 0 Å². The van der Waals surface area contributed by atoms with Crippen LogP contribution in [0.2, 0.25) is 0 Å². The van der Waals surface area contributed by atoms with Gasteiger partial charge in [0.25, 0.3) is 0 Å². The Morgan fingerprint density at radius 2 is 2.17 bits per heavy atom. The fourth-order valence-corrected chi connectivity index (χ4v) is 2.66. The lowest BCUT2D eigenvalue weighted by atomic mass is 9.92. The summed E-state index contributed by atoms with van der Waals surface area (Å²) in [6.45, 7) is 1.08. The molecule has 0 saturated carbocycles. The predicted octanol–water partition coefficient (Wildman–Crippen LogP) is 1.86. The molecule has 3 nitrogen and oxygen atoms in total. The lowest BCUT2D eigenvalue weighted by Gasteiger charge is -2.18. The molecule has 0 radical (unpaired) electrons. The second kappa shape index (κ2) is 6.55. The molecule has 3 N–H and O–H groups in total. The molecule has 0 aromatic heterocycles. The highest BCUT2D eigenvalue weighted by Gasteiger charge is 2.22. The lowest BCUT2D eigenvalue weighted by molar-refractivity contribution is -0.122. The number of hydrogen-bond acceptors (Lipinski definition) is 2. The highest BCUT2D eigenvalue weighted by atomic mass is 16.1. The van der Waals surface area contributed by atoms with Gasteiger partial charge in [-0.3, -0.25) is 4.79 Å². The van der Waals surface area contributed by atoms with Crippen LogP contribution in [0.4, 0.5) is 0 Å². The van der Waals surface area contributed by atoms with Crippen LogP contribution in [0.1, 0.15) is 31.2 Å². The van der Waals surface area contributed by atoms with E-state index in [1.807, 2.05) is 18.2 Å².